The van der Waals surface area contributed by atoms with E-state index in [-0.39, 0.29) is 11.5 Å². The SMILES string of the molecule is Cc1nc(Nc2nc(NCCCCO)c3c(n2)N(Cc2ccc(-c4nn[nH]n4)cc2)CC3)sc1C(=O)O. The fourth-order valence-corrected chi connectivity index (χ4v) is 4.92. The first kappa shape index (κ1) is 24.5. The number of aromatic nitrogens is 7. The number of thiazole rings is 1. The molecule has 1 aliphatic heterocycles. The molecule has 4 aromatic rings. The van der Waals surface area contributed by atoms with E-state index in [4.69, 9.17) is 10.1 Å². The third kappa shape index (κ3) is 5.49. The Morgan fingerprint density at radius 2 is 2.03 bits per heavy atom. The van der Waals surface area contributed by atoms with Gasteiger partial charge < -0.3 is 20.4 Å². The van der Waals surface area contributed by atoms with Crippen LogP contribution in [0, 0.1) is 6.92 Å². The number of anilines is 4. The van der Waals surface area contributed by atoms with Gasteiger partial charge in [-0.3, -0.25) is 5.32 Å². The van der Waals surface area contributed by atoms with Crippen LogP contribution in [-0.2, 0) is 13.0 Å². The lowest BCUT2D eigenvalue weighted by atomic mass is 10.1. The third-order valence-corrected chi connectivity index (χ3v) is 7.00. The molecular formula is C23H26N10O3S. The Morgan fingerprint density at radius 3 is 2.73 bits per heavy atom. The molecule has 37 heavy (non-hydrogen) atoms. The summed E-state index contributed by atoms with van der Waals surface area (Å²) in [5.74, 6) is 1.42. The highest BCUT2D eigenvalue weighted by atomic mass is 32.1. The topological polar surface area (TPSA) is 178 Å². The fraction of sp³-hybridized carbons (Fsp3) is 0.348. The molecule has 0 saturated heterocycles. The molecule has 1 aliphatic rings. The van der Waals surface area contributed by atoms with Crippen LogP contribution in [0.15, 0.2) is 24.3 Å². The Morgan fingerprint density at radius 1 is 1.19 bits per heavy atom. The zero-order valence-corrected chi connectivity index (χ0v) is 20.9. The van der Waals surface area contributed by atoms with Crippen LogP contribution < -0.4 is 15.5 Å². The van der Waals surface area contributed by atoms with Crippen molar-refractivity contribution in [1.29, 1.82) is 0 Å². The maximum atomic E-state index is 11.4. The zero-order chi connectivity index (χ0) is 25.8. The molecule has 0 radical (unpaired) electrons. The molecule has 192 valence electrons. The van der Waals surface area contributed by atoms with Gasteiger partial charge >= 0.3 is 5.97 Å². The minimum absolute atomic E-state index is 0.144. The van der Waals surface area contributed by atoms with Gasteiger partial charge in [0.15, 0.2) is 5.13 Å². The van der Waals surface area contributed by atoms with E-state index in [9.17, 15) is 9.90 Å². The number of hydrogen-bond donors (Lipinski definition) is 5. The number of carboxylic acid groups (broad SMARTS) is 1. The number of aromatic carboxylic acids is 1. The Kier molecular flexibility index (Phi) is 7.18. The second-order valence-electron chi connectivity index (χ2n) is 8.52. The van der Waals surface area contributed by atoms with E-state index < -0.39 is 5.97 Å². The van der Waals surface area contributed by atoms with Gasteiger partial charge in [0.1, 0.15) is 16.5 Å². The summed E-state index contributed by atoms with van der Waals surface area (Å²) in [6, 6.07) is 7.99. The zero-order valence-electron chi connectivity index (χ0n) is 20.1. The molecule has 0 spiro atoms. The van der Waals surface area contributed by atoms with Crippen LogP contribution in [0.4, 0.5) is 22.7 Å². The molecule has 0 unspecified atom stereocenters. The molecule has 5 N–H and O–H groups in total. The van der Waals surface area contributed by atoms with E-state index >= 15 is 0 Å². The summed E-state index contributed by atoms with van der Waals surface area (Å²) >= 11 is 1.05. The second kappa shape index (κ2) is 10.8. The molecule has 0 fully saturated rings. The Balaban J connectivity index is 1.39. The van der Waals surface area contributed by atoms with Crippen molar-refractivity contribution in [2.45, 2.75) is 32.7 Å². The monoisotopic (exact) mass is 522 g/mol. The molecule has 0 aliphatic carbocycles. The van der Waals surface area contributed by atoms with Gasteiger partial charge in [0, 0.05) is 37.4 Å². The van der Waals surface area contributed by atoms with Gasteiger partial charge in [-0.25, -0.2) is 9.78 Å². The van der Waals surface area contributed by atoms with Crippen molar-refractivity contribution >= 4 is 40.0 Å². The summed E-state index contributed by atoms with van der Waals surface area (Å²) in [5, 5.41) is 39.5. The number of rotatable bonds is 11. The molecule has 0 saturated carbocycles. The van der Waals surface area contributed by atoms with E-state index in [2.05, 4.69) is 46.1 Å². The second-order valence-corrected chi connectivity index (χ2v) is 9.52. The van der Waals surface area contributed by atoms with Crippen molar-refractivity contribution in [2.24, 2.45) is 0 Å². The number of nitrogens with zero attached hydrogens (tertiary/aromatic N) is 7. The van der Waals surface area contributed by atoms with E-state index in [1.165, 1.54) is 0 Å². The maximum Gasteiger partial charge on any atom is 0.347 e. The quantitative estimate of drug-likeness (QED) is 0.182. The number of tetrazole rings is 1. The van der Waals surface area contributed by atoms with Gasteiger partial charge in [-0.05, 0) is 37.0 Å². The number of unbranched alkanes of at least 4 members (excludes halogenated alkanes) is 1. The molecule has 13 nitrogen and oxygen atoms in total. The number of H-pyrrole nitrogens is 1. The Labute approximate surface area is 216 Å². The van der Waals surface area contributed by atoms with E-state index in [1.54, 1.807) is 6.92 Å². The lowest BCUT2D eigenvalue weighted by Gasteiger charge is -2.20. The minimum Gasteiger partial charge on any atom is -0.477 e. The van der Waals surface area contributed by atoms with Crippen molar-refractivity contribution < 1.29 is 15.0 Å². The standard InChI is InChI=1S/C23H26N10O3S/c1-13-17(21(35)36)37-23(25-13)28-22-26-19(24-9-2-3-11-34)16-8-10-33(20(16)27-22)12-14-4-6-15(7-5-14)18-29-31-32-30-18/h4-7,34H,2-3,8-12H2,1H3,(H,35,36)(H,29,30,31,32)(H2,24,25,26,27,28). The summed E-state index contributed by atoms with van der Waals surface area (Å²) in [4.78, 5) is 27.6. The van der Waals surface area contributed by atoms with Gasteiger partial charge in [0.25, 0.3) is 0 Å². The maximum absolute atomic E-state index is 11.4. The van der Waals surface area contributed by atoms with Crippen molar-refractivity contribution in [2.75, 3.05) is 35.2 Å². The summed E-state index contributed by atoms with van der Waals surface area (Å²) in [5.41, 5.74) is 3.45. The van der Waals surface area contributed by atoms with E-state index in [0.29, 0.717) is 42.1 Å². The first-order valence-electron chi connectivity index (χ1n) is 11.8. The number of fused-ring (bicyclic) bond motifs is 1. The molecular weight excluding hydrogens is 496 g/mol. The van der Waals surface area contributed by atoms with Gasteiger partial charge in [0.05, 0.1) is 5.69 Å². The Bertz CT molecular complexity index is 1370. The number of carbonyl (C=O) groups is 1. The predicted molar refractivity (Wildman–Crippen MR) is 138 cm³/mol. The van der Waals surface area contributed by atoms with Gasteiger partial charge in [-0.15, -0.1) is 10.2 Å². The van der Waals surface area contributed by atoms with E-state index in [0.717, 1.165) is 59.0 Å². The van der Waals surface area contributed by atoms with Gasteiger partial charge in [-0.1, -0.05) is 35.6 Å². The number of hydrogen-bond acceptors (Lipinski definition) is 12. The highest BCUT2D eigenvalue weighted by Crippen LogP contribution is 2.34. The molecule has 5 rings (SSSR count). The number of aryl methyl sites for hydroxylation is 1. The first-order valence-corrected chi connectivity index (χ1v) is 12.6. The number of aliphatic hydroxyl groups excluding tert-OH is 1. The van der Waals surface area contributed by atoms with Crippen molar-refractivity contribution in [1.82, 2.24) is 35.6 Å². The number of aromatic amines is 1. The lowest BCUT2D eigenvalue weighted by molar-refractivity contribution is 0.0701. The molecule has 4 heterocycles. The van der Waals surface area contributed by atoms with Crippen LogP contribution >= 0.6 is 11.3 Å². The van der Waals surface area contributed by atoms with Crippen LogP contribution in [-0.4, -0.2) is 71.5 Å². The van der Waals surface area contributed by atoms with Crippen LogP contribution in [0.3, 0.4) is 0 Å². The Hall–Kier alpha value is -4.17. The lowest BCUT2D eigenvalue weighted by Crippen LogP contribution is -2.21. The summed E-state index contributed by atoms with van der Waals surface area (Å²) in [6.45, 7) is 3.91. The van der Waals surface area contributed by atoms with Crippen LogP contribution in [0.25, 0.3) is 11.4 Å². The van der Waals surface area contributed by atoms with Crippen molar-refractivity contribution in [3.63, 3.8) is 0 Å². The predicted octanol–water partition coefficient (Wildman–Crippen LogP) is 2.61. The minimum atomic E-state index is -1.01. The van der Waals surface area contributed by atoms with Crippen molar-refractivity contribution in [3.05, 3.63) is 46.0 Å². The highest BCUT2D eigenvalue weighted by molar-refractivity contribution is 7.17. The average Bonchev–Trinajstić information content (AvgIpc) is 3.63. The molecule has 14 heteroatoms. The third-order valence-electron chi connectivity index (χ3n) is 5.93. The van der Waals surface area contributed by atoms with Gasteiger partial charge in [-0.2, -0.15) is 15.2 Å². The molecule has 0 amide bonds. The van der Waals surface area contributed by atoms with Crippen LogP contribution in [0.5, 0.6) is 0 Å². The average molecular weight is 523 g/mol. The molecule has 3 aromatic heterocycles. The number of nitrogens with one attached hydrogen (secondary N) is 3. The van der Waals surface area contributed by atoms with Crippen molar-refractivity contribution in [3.8, 4) is 11.4 Å². The number of aliphatic hydroxyl groups is 1. The molecule has 1 aromatic carbocycles. The molecule has 0 atom stereocenters. The number of benzene rings is 1. The summed E-state index contributed by atoms with van der Waals surface area (Å²) in [7, 11) is 0. The largest absolute Gasteiger partial charge is 0.477 e. The first-order chi connectivity index (χ1) is 18.0. The summed E-state index contributed by atoms with van der Waals surface area (Å²) < 4.78 is 0. The normalized spacial score (nSPS) is 12.5. The number of carboxylic acids is 1. The smallest absolute Gasteiger partial charge is 0.347 e. The van der Waals surface area contributed by atoms with Crippen LogP contribution in [0.2, 0.25) is 0 Å². The van der Waals surface area contributed by atoms with E-state index in [1.807, 2.05) is 24.3 Å². The highest BCUT2D eigenvalue weighted by Gasteiger charge is 2.26. The van der Waals surface area contributed by atoms with Crippen LogP contribution in [0.1, 0.15) is 39.3 Å². The fourth-order valence-electron chi connectivity index (χ4n) is 4.12. The summed E-state index contributed by atoms with van der Waals surface area (Å²) in [6.07, 6.45) is 2.30. The van der Waals surface area contributed by atoms with Gasteiger partial charge in [0.2, 0.25) is 11.8 Å². The molecule has 0 bridgehead atoms.